The molecule has 172 valence electrons. The number of carbonyl (C=O) groups excluding carboxylic acids is 2. The van der Waals surface area contributed by atoms with Crippen molar-refractivity contribution in [1.82, 2.24) is 4.90 Å². The van der Waals surface area contributed by atoms with Crippen LogP contribution >= 0.6 is 0 Å². The molecule has 1 saturated heterocycles. The Morgan fingerprint density at radius 1 is 0.844 bits per heavy atom. The lowest BCUT2D eigenvalue weighted by Crippen LogP contribution is -2.49. The number of nitrogens with zero attached hydrogens (tertiary/aromatic N) is 2. The number of hydrogen-bond acceptors (Lipinski definition) is 3. The molecule has 0 aromatic heterocycles. The molecule has 2 aromatic carbocycles. The van der Waals surface area contributed by atoms with E-state index < -0.39 is 0 Å². The number of urea groups is 1. The normalized spacial score (nSPS) is 14.4. The van der Waals surface area contributed by atoms with Gasteiger partial charge in [-0.15, -0.1) is 0 Å². The highest BCUT2D eigenvalue weighted by Crippen LogP contribution is 2.23. The van der Waals surface area contributed by atoms with E-state index in [-0.39, 0.29) is 17.4 Å². The summed E-state index contributed by atoms with van der Waals surface area (Å²) >= 11 is 0. The van der Waals surface area contributed by atoms with E-state index in [9.17, 15) is 9.59 Å². The highest BCUT2D eigenvalue weighted by atomic mass is 16.2. The van der Waals surface area contributed by atoms with Crippen LogP contribution in [0, 0.1) is 5.41 Å². The molecular formula is C26H36N4O2. The molecule has 0 spiro atoms. The molecule has 6 heteroatoms. The molecule has 0 saturated carbocycles. The van der Waals surface area contributed by atoms with Crippen molar-refractivity contribution in [3.8, 4) is 0 Å². The second kappa shape index (κ2) is 10.1. The number of piperazine rings is 1. The van der Waals surface area contributed by atoms with E-state index in [1.807, 2.05) is 53.4 Å². The summed E-state index contributed by atoms with van der Waals surface area (Å²) in [6.07, 6.45) is 0.581. The number of benzene rings is 2. The zero-order valence-corrected chi connectivity index (χ0v) is 19.9. The number of carbonyl (C=O) groups is 2. The summed E-state index contributed by atoms with van der Waals surface area (Å²) in [5.41, 5.74) is 3.86. The predicted molar refractivity (Wildman–Crippen MR) is 132 cm³/mol. The third-order valence-corrected chi connectivity index (χ3v) is 5.64. The summed E-state index contributed by atoms with van der Waals surface area (Å²) in [6, 6.07) is 15.5. The highest BCUT2D eigenvalue weighted by Gasteiger charge is 2.24. The van der Waals surface area contributed by atoms with Gasteiger partial charge in [0.2, 0.25) is 5.91 Å². The van der Waals surface area contributed by atoms with Crippen molar-refractivity contribution in [1.29, 1.82) is 0 Å². The van der Waals surface area contributed by atoms with E-state index in [1.165, 1.54) is 5.56 Å². The summed E-state index contributed by atoms with van der Waals surface area (Å²) in [6.45, 7) is 13.7. The summed E-state index contributed by atoms with van der Waals surface area (Å²) in [5, 5.41) is 5.75. The number of hydrogen-bond donors (Lipinski definition) is 2. The molecule has 0 bridgehead atoms. The van der Waals surface area contributed by atoms with E-state index in [4.69, 9.17) is 0 Å². The maximum Gasteiger partial charge on any atom is 0.323 e. The second-order valence-electron chi connectivity index (χ2n) is 10.0. The van der Waals surface area contributed by atoms with E-state index in [2.05, 4.69) is 50.2 Å². The molecule has 1 heterocycles. The molecule has 1 fully saturated rings. The Hall–Kier alpha value is -3.02. The lowest BCUT2D eigenvalue weighted by atomic mass is 9.91. The molecule has 2 N–H and O–H groups in total. The van der Waals surface area contributed by atoms with Crippen molar-refractivity contribution in [3.63, 3.8) is 0 Å². The molecule has 0 aliphatic carbocycles. The first-order chi connectivity index (χ1) is 15.1. The monoisotopic (exact) mass is 436 g/mol. The van der Waals surface area contributed by atoms with Gasteiger partial charge in [-0.25, -0.2) is 4.79 Å². The Labute approximate surface area is 192 Å². The van der Waals surface area contributed by atoms with Gasteiger partial charge in [0.05, 0.1) is 0 Å². The van der Waals surface area contributed by atoms with E-state index in [0.717, 1.165) is 43.2 Å². The molecule has 3 rings (SSSR count). The van der Waals surface area contributed by atoms with E-state index in [0.29, 0.717) is 12.3 Å². The number of amides is 3. The first-order valence-electron chi connectivity index (χ1n) is 11.4. The van der Waals surface area contributed by atoms with Crippen molar-refractivity contribution < 1.29 is 9.59 Å². The van der Waals surface area contributed by atoms with E-state index >= 15 is 0 Å². The van der Waals surface area contributed by atoms with Gasteiger partial charge in [-0.05, 0) is 53.3 Å². The van der Waals surface area contributed by atoms with Crippen molar-refractivity contribution in [2.45, 2.75) is 47.0 Å². The minimum absolute atomic E-state index is 0.0148. The maximum atomic E-state index is 12.4. The minimum atomic E-state index is -0.263. The Balaban J connectivity index is 1.49. The second-order valence-corrected chi connectivity index (χ2v) is 10.0. The van der Waals surface area contributed by atoms with Gasteiger partial charge in [-0.1, -0.05) is 46.8 Å². The van der Waals surface area contributed by atoms with Gasteiger partial charge in [0.1, 0.15) is 0 Å². The van der Waals surface area contributed by atoms with E-state index in [1.54, 1.807) is 0 Å². The van der Waals surface area contributed by atoms with Gasteiger partial charge in [-0.3, -0.25) is 4.79 Å². The Morgan fingerprint density at radius 3 is 1.81 bits per heavy atom. The third-order valence-electron chi connectivity index (χ3n) is 5.64. The number of rotatable bonds is 5. The smallest absolute Gasteiger partial charge is 0.323 e. The zero-order chi connectivity index (χ0) is 23.3. The maximum absolute atomic E-state index is 12.4. The van der Waals surface area contributed by atoms with Crippen molar-refractivity contribution in [2.75, 3.05) is 41.7 Å². The van der Waals surface area contributed by atoms with Crippen molar-refractivity contribution >= 4 is 29.0 Å². The van der Waals surface area contributed by atoms with Crippen LogP contribution in [0.2, 0.25) is 0 Å². The first kappa shape index (κ1) is 23.6. The largest absolute Gasteiger partial charge is 0.368 e. The quantitative estimate of drug-likeness (QED) is 0.647. The molecule has 3 amide bonds. The van der Waals surface area contributed by atoms with Crippen molar-refractivity contribution in [3.05, 3.63) is 54.1 Å². The van der Waals surface area contributed by atoms with Crippen LogP contribution in [-0.2, 0) is 4.79 Å². The van der Waals surface area contributed by atoms with Gasteiger partial charge in [-0.2, -0.15) is 0 Å². The summed E-state index contributed by atoms with van der Waals surface area (Å²) in [7, 11) is 0. The molecule has 32 heavy (non-hydrogen) atoms. The van der Waals surface area contributed by atoms with Crippen LogP contribution in [-0.4, -0.2) is 43.0 Å². The summed E-state index contributed by atoms with van der Waals surface area (Å²) < 4.78 is 0. The zero-order valence-electron chi connectivity index (χ0n) is 19.9. The highest BCUT2D eigenvalue weighted by molar-refractivity contribution is 5.99. The molecule has 0 radical (unpaired) electrons. The fraction of sp³-hybridized carbons (Fsp3) is 0.462. The van der Waals surface area contributed by atoms with Crippen LogP contribution in [0.4, 0.5) is 21.9 Å². The molecular weight excluding hydrogens is 400 g/mol. The average Bonchev–Trinajstić information content (AvgIpc) is 2.73. The number of nitrogens with one attached hydrogen (secondary N) is 2. The summed E-state index contributed by atoms with van der Waals surface area (Å²) in [5.74, 6) is 0.699. The molecule has 0 unspecified atom stereocenters. The predicted octanol–water partition coefficient (Wildman–Crippen LogP) is 5.54. The van der Waals surface area contributed by atoms with Crippen LogP contribution in [0.5, 0.6) is 0 Å². The van der Waals surface area contributed by atoms with Crippen LogP contribution in [0.1, 0.15) is 52.5 Å². The molecule has 2 aromatic rings. The lowest BCUT2D eigenvalue weighted by molar-refractivity contribution is -0.133. The first-order valence-corrected chi connectivity index (χ1v) is 11.4. The molecule has 1 aliphatic rings. The van der Waals surface area contributed by atoms with Gasteiger partial charge in [0, 0.05) is 49.7 Å². The topological polar surface area (TPSA) is 64.7 Å². The van der Waals surface area contributed by atoms with Gasteiger partial charge in [0.15, 0.2) is 0 Å². The Kier molecular flexibility index (Phi) is 7.44. The van der Waals surface area contributed by atoms with Crippen LogP contribution < -0.4 is 15.5 Å². The van der Waals surface area contributed by atoms with Crippen molar-refractivity contribution in [2.24, 2.45) is 5.41 Å². The third kappa shape index (κ3) is 6.74. The average molecular weight is 437 g/mol. The Bertz CT molecular complexity index is 906. The molecule has 0 atom stereocenters. The lowest BCUT2D eigenvalue weighted by Gasteiger charge is -2.37. The molecule has 6 nitrogen and oxygen atoms in total. The van der Waals surface area contributed by atoms with Crippen LogP contribution in [0.15, 0.2) is 48.5 Å². The van der Waals surface area contributed by atoms with Gasteiger partial charge < -0.3 is 20.4 Å². The van der Waals surface area contributed by atoms with Crippen LogP contribution in [0.3, 0.4) is 0 Å². The standard InChI is InChI=1S/C26H36N4O2/c1-19(2)20-6-8-21(9-7-20)27-25(32)28-22-10-12-23(13-11-22)29-14-16-30(17-15-29)24(31)18-26(3,4)5/h6-13,19H,14-18H2,1-5H3,(H2,27,28,32). The van der Waals surface area contributed by atoms with Gasteiger partial charge in [0.25, 0.3) is 0 Å². The minimum Gasteiger partial charge on any atom is -0.368 e. The fourth-order valence-corrected chi connectivity index (χ4v) is 3.78. The fourth-order valence-electron chi connectivity index (χ4n) is 3.78. The Morgan fingerprint density at radius 2 is 1.34 bits per heavy atom. The van der Waals surface area contributed by atoms with Crippen LogP contribution in [0.25, 0.3) is 0 Å². The number of anilines is 3. The summed E-state index contributed by atoms with van der Waals surface area (Å²) in [4.78, 5) is 29.0. The van der Waals surface area contributed by atoms with Gasteiger partial charge >= 0.3 is 6.03 Å². The SMILES string of the molecule is CC(C)c1ccc(NC(=O)Nc2ccc(N3CCN(C(=O)CC(C)(C)C)CC3)cc2)cc1. The molecule has 1 aliphatic heterocycles.